The standard InChI is InChI=1S/C15H21N3/c1-12-7-8-18(11-15(12)17)10-14(9-16)13-5-3-2-4-6-13/h2-6,12,14-15H,7-8,10-11,17H2,1H3. The number of benzene rings is 1. The second-order valence-electron chi connectivity index (χ2n) is 5.28. The Balaban J connectivity index is 1.98. The lowest BCUT2D eigenvalue weighted by Crippen LogP contribution is -2.48. The Hall–Kier alpha value is -1.37. The van der Waals surface area contributed by atoms with Crippen LogP contribution in [0.2, 0.25) is 0 Å². The highest BCUT2D eigenvalue weighted by Crippen LogP contribution is 2.20. The van der Waals surface area contributed by atoms with Crippen molar-refractivity contribution in [2.75, 3.05) is 19.6 Å². The van der Waals surface area contributed by atoms with Crippen molar-refractivity contribution in [2.45, 2.75) is 25.3 Å². The van der Waals surface area contributed by atoms with Crippen LogP contribution in [0.4, 0.5) is 0 Å². The van der Waals surface area contributed by atoms with Crippen LogP contribution in [-0.4, -0.2) is 30.6 Å². The molecule has 3 nitrogen and oxygen atoms in total. The van der Waals surface area contributed by atoms with E-state index >= 15 is 0 Å². The SMILES string of the molecule is CC1CCN(CC(C#N)c2ccccc2)CC1N. The maximum atomic E-state index is 9.32. The molecule has 1 aromatic rings. The van der Waals surface area contributed by atoms with Gasteiger partial charge in [-0.05, 0) is 24.4 Å². The lowest BCUT2D eigenvalue weighted by molar-refractivity contribution is 0.166. The van der Waals surface area contributed by atoms with E-state index in [4.69, 9.17) is 5.73 Å². The van der Waals surface area contributed by atoms with E-state index < -0.39 is 0 Å². The van der Waals surface area contributed by atoms with Crippen molar-refractivity contribution in [2.24, 2.45) is 11.7 Å². The van der Waals surface area contributed by atoms with E-state index in [1.807, 2.05) is 30.3 Å². The predicted molar refractivity (Wildman–Crippen MR) is 73.0 cm³/mol. The second-order valence-corrected chi connectivity index (χ2v) is 5.28. The molecule has 3 heteroatoms. The van der Waals surface area contributed by atoms with E-state index in [-0.39, 0.29) is 12.0 Å². The molecule has 96 valence electrons. The van der Waals surface area contributed by atoms with Gasteiger partial charge >= 0.3 is 0 Å². The zero-order chi connectivity index (χ0) is 13.0. The van der Waals surface area contributed by atoms with Crippen LogP contribution in [0.3, 0.4) is 0 Å². The average molecular weight is 243 g/mol. The number of nitrogens with two attached hydrogens (primary N) is 1. The molecule has 1 fully saturated rings. The van der Waals surface area contributed by atoms with E-state index in [2.05, 4.69) is 17.9 Å². The van der Waals surface area contributed by atoms with Crippen LogP contribution in [0.25, 0.3) is 0 Å². The molecular weight excluding hydrogens is 222 g/mol. The van der Waals surface area contributed by atoms with E-state index in [9.17, 15) is 5.26 Å². The summed E-state index contributed by atoms with van der Waals surface area (Å²) < 4.78 is 0. The Labute approximate surface area is 109 Å². The summed E-state index contributed by atoms with van der Waals surface area (Å²) in [5.41, 5.74) is 7.20. The third kappa shape index (κ3) is 3.10. The monoisotopic (exact) mass is 243 g/mol. The van der Waals surface area contributed by atoms with Gasteiger partial charge in [0.2, 0.25) is 0 Å². The first-order chi connectivity index (χ1) is 8.70. The Morgan fingerprint density at radius 3 is 2.78 bits per heavy atom. The van der Waals surface area contributed by atoms with E-state index in [1.54, 1.807) is 0 Å². The van der Waals surface area contributed by atoms with Gasteiger partial charge in [-0.3, -0.25) is 0 Å². The first-order valence-electron chi connectivity index (χ1n) is 6.63. The molecule has 2 N–H and O–H groups in total. The summed E-state index contributed by atoms with van der Waals surface area (Å²) in [6.07, 6.45) is 1.13. The van der Waals surface area contributed by atoms with Crippen LogP contribution in [0.15, 0.2) is 30.3 Å². The number of hydrogen-bond donors (Lipinski definition) is 1. The number of nitrogens with zero attached hydrogens (tertiary/aromatic N) is 2. The summed E-state index contributed by atoms with van der Waals surface area (Å²) in [5, 5.41) is 9.32. The molecule has 1 saturated heterocycles. The van der Waals surface area contributed by atoms with Crippen LogP contribution in [-0.2, 0) is 0 Å². The summed E-state index contributed by atoms with van der Waals surface area (Å²) in [6, 6.07) is 12.7. The molecule has 1 aliphatic rings. The third-order valence-electron chi connectivity index (χ3n) is 3.90. The fourth-order valence-corrected chi connectivity index (χ4v) is 2.50. The van der Waals surface area contributed by atoms with E-state index in [0.29, 0.717) is 5.92 Å². The molecule has 0 amide bonds. The molecular formula is C15H21N3. The minimum absolute atomic E-state index is 0.0493. The molecule has 0 saturated carbocycles. The zero-order valence-corrected chi connectivity index (χ0v) is 10.9. The number of likely N-dealkylation sites (tertiary alicyclic amines) is 1. The summed E-state index contributed by atoms with van der Waals surface area (Å²) in [6.45, 7) is 4.97. The van der Waals surface area contributed by atoms with Gasteiger partial charge in [-0.1, -0.05) is 37.3 Å². The first kappa shape index (κ1) is 13.1. The highest BCUT2D eigenvalue weighted by Gasteiger charge is 2.25. The van der Waals surface area contributed by atoms with Crippen molar-refractivity contribution in [1.82, 2.24) is 4.90 Å². The number of nitriles is 1. The molecule has 0 radical (unpaired) electrons. The lowest BCUT2D eigenvalue weighted by Gasteiger charge is -2.35. The lowest BCUT2D eigenvalue weighted by atomic mass is 9.92. The number of rotatable bonds is 3. The summed E-state index contributed by atoms with van der Waals surface area (Å²) in [4.78, 5) is 2.32. The Morgan fingerprint density at radius 1 is 1.44 bits per heavy atom. The number of hydrogen-bond acceptors (Lipinski definition) is 3. The van der Waals surface area contributed by atoms with Gasteiger partial charge in [-0.15, -0.1) is 0 Å². The minimum Gasteiger partial charge on any atom is -0.326 e. The van der Waals surface area contributed by atoms with Gasteiger partial charge in [0.15, 0.2) is 0 Å². The second kappa shape index (κ2) is 5.99. The van der Waals surface area contributed by atoms with Crippen LogP contribution in [0.5, 0.6) is 0 Å². The molecule has 0 bridgehead atoms. The predicted octanol–water partition coefficient (Wildman–Crippen LogP) is 1.96. The van der Waals surface area contributed by atoms with Crippen LogP contribution >= 0.6 is 0 Å². The molecule has 18 heavy (non-hydrogen) atoms. The number of piperidine rings is 1. The molecule has 3 unspecified atom stereocenters. The van der Waals surface area contributed by atoms with Crippen molar-refractivity contribution < 1.29 is 0 Å². The zero-order valence-electron chi connectivity index (χ0n) is 10.9. The molecule has 1 aliphatic heterocycles. The van der Waals surface area contributed by atoms with Crippen LogP contribution in [0.1, 0.15) is 24.8 Å². The van der Waals surface area contributed by atoms with E-state index in [0.717, 1.165) is 31.6 Å². The average Bonchev–Trinajstić information content (AvgIpc) is 2.41. The molecule has 2 rings (SSSR count). The normalized spacial score (nSPS) is 26.5. The van der Waals surface area contributed by atoms with Gasteiger partial charge in [0, 0.05) is 19.1 Å². The molecule has 0 spiro atoms. The fourth-order valence-electron chi connectivity index (χ4n) is 2.50. The summed E-state index contributed by atoms with van der Waals surface area (Å²) in [7, 11) is 0. The van der Waals surface area contributed by atoms with Gasteiger partial charge in [-0.25, -0.2) is 0 Å². The first-order valence-corrected chi connectivity index (χ1v) is 6.63. The Kier molecular flexibility index (Phi) is 4.35. The highest BCUT2D eigenvalue weighted by atomic mass is 15.1. The Bertz CT molecular complexity index is 409. The topological polar surface area (TPSA) is 53.0 Å². The maximum absolute atomic E-state index is 9.32. The fraction of sp³-hybridized carbons (Fsp3) is 0.533. The van der Waals surface area contributed by atoms with Crippen molar-refractivity contribution in [3.05, 3.63) is 35.9 Å². The largest absolute Gasteiger partial charge is 0.326 e. The van der Waals surface area contributed by atoms with Gasteiger partial charge in [-0.2, -0.15) is 5.26 Å². The highest BCUT2D eigenvalue weighted by molar-refractivity contribution is 5.25. The van der Waals surface area contributed by atoms with Gasteiger partial charge in [0.05, 0.1) is 12.0 Å². The molecule has 0 aliphatic carbocycles. The maximum Gasteiger partial charge on any atom is 0.0839 e. The Morgan fingerprint density at radius 2 is 2.17 bits per heavy atom. The van der Waals surface area contributed by atoms with Gasteiger partial charge in [0.1, 0.15) is 0 Å². The summed E-state index contributed by atoms with van der Waals surface area (Å²) in [5.74, 6) is 0.547. The minimum atomic E-state index is -0.0493. The van der Waals surface area contributed by atoms with E-state index in [1.165, 1.54) is 0 Å². The smallest absolute Gasteiger partial charge is 0.0839 e. The van der Waals surface area contributed by atoms with Crippen molar-refractivity contribution in [3.63, 3.8) is 0 Å². The van der Waals surface area contributed by atoms with Gasteiger partial charge < -0.3 is 10.6 Å². The molecule has 1 aromatic carbocycles. The van der Waals surface area contributed by atoms with Gasteiger partial charge in [0.25, 0.3) is 0 Å². The molecule has 3 atom stereocenters. The van der Waals surface area contributed by atoms with Crippen LogP contribution in [0, 0.1) is 17.2 Å². The van der Waals surface area contributed by atoms with Crippen LogP contribution < -0.4 is 5.73 Å². The van der Waals surface area contributed by atoms with Crippen molar-refractivity contribution >= 4 is 0 Å². The summed E-state index contributed by atoms with van der Waals surface area (Å²) >= 11 is 0. The molecule has 0 aromatic heterocycles. The van der Waals surface area contributed by atoms with Crippen molar-refractivity contribution in [3.8, 4) is 6.07 Å². The quantitative estimate of drug-likeness (QED) is 0.883. The molecule has 1 heterocycles. The van der Waals surface area contributed by atoms with Crippen molar-refractivity contribution in [1.29, 1.82) is 5.26 Å². The third-order valence-corrected chi connectivity index (χ3v) is 3.90.